The van der Waals surface area contributed by atoms with Crippen molar-refractivity contribution in [1.29, 1.82) is 0 Å². The SMILES string of the molecule is Cc1ncc2c(c1-c1noc(-c3ccccc3O)n1)CCNC2.Cl. The number of fused-ring (bicyclic) bond motifs is 1. The van der Waals surface area contributed by atoms with Gasteiger partial charge in [0.15, 0.2) is 0 Å². The molecule has 1 aliphatic rings. The Hall–Kier alpha value is -2.44. The summed E-state index contributed by atoms with van der Waals surface area (Å²) in [6, 6.07) is 6.93. The Balaban J connectivity index is 0.00000169. The quantitative estimate of drug-likeness (QED) is 0.743. The van der Waals surface area contributed by atoms with Crippen molar-refractivity contribution in [1.82, 2.24) is 20.4 Å². The molecule has 124 valence electrons. The predicted molar refractivity (Wildman–Crippen MR) is 92.0 cm³/mol. The highest BCUT2D eigenvalue weighted by molar-refractivity contribution is 5.85. The molecule has 2 N–H and O–H groups in total. The minimum atomic E-state index is 0. The van der Waals surface area contributed by atoms with Gasteiger partial charge in [-0.25, -0.2) is 0 Å². The minimum absolute atomic E-state index is 0. The number of rotatable bonds is 2. The third-order valence-electron chi connectivity index (χ3n) is 4.12. The van der Waals surface area contributed by atoms with Crippen molar-refractivity contribution in [3.05, 3.63) is 47.3 Å². The van der Waals surface area contributed by atoms with Crippen LogP contribution in [-0.4, -0.2) is 26.8 Å². The highest BCUT2D eigenvalue weighted by atomic mass is 35.5. The van der Waals surface area contributed by atoms with Gasteiger partial charge in [-0.1, -0.05) is 17.3 Å². The summed E-state index contributed by atoms with van der Waals surface area (Å²) < 4.78 is 5.37. The van der Waals surface area contributed by atoms with E-state index in [4.69, 9.17) is 4.52 Å². The van der Waals surface area contributed by atoms with E-state index in [-0.39, 0.29) is 18.2 Å². The second-order valence-electron chi connectivity index (χ2n) is 5.59. The van der Waals surface area contributed by atoms with Crippen molar-refractivity contribution < 1.29 is 9.63 Å². The Labute approximate surface area is 145 Å². The third-order valence-corrected chi connectivity index (χ3v) is 4.12. The molecule has 0 unspecified atom stereocenters. The van der Waals surface area contributed by atoms with Crippen LogP contribution in [-0.2, 0) is 13.0 Å². The topological polar surface area (TPSA) is 84.1 Å². The third kappa shape index (κ3) is 2.74. The van der Waals surface area contributed by atoms with Gasteiger partial charge in [-0.2, -0.15) is 4.98 Å². The molecule has 7 heteroatoms. The number of para-hydroxylation sites is 1. The first-order chi connectivity index (χ1) is 11.2. The fourth-order valence-electron chi connectivity index (χ4n) is 2.96. The molecular formula is C17H17ClN4O2. The standard InChI is InChI=1S/C17H16N4O2.ClH/c1-10-15(12-6-7-18-8-11(12)9-19-10)16-20-17(23-21-16)13-4-2-3-5-14(13)22;/h2-5,9,18,22H,6-8H2,1H3;1H. The Bertz CT molecular complexity index is 879. The van der Waals surface area contributed by atoms with Gasteiger partial charge < -0.3 is 14.9 Å². The molecule has 4 rings (SSSR count). The Morgan fingerprint density at radius 1 is 1.25 bits per heavy atom. The lowest BCUT2D eigenvalue weighted by molar-refractivity contribution is 0.425. The van der Waals surface area contributed by atoms with Crippen molar-refractivity contribution in [2.24, 2.45) is 0 Å². The van der Waals surface area contributed by atoms with E-state index in [0.717, 1.165) is 30.8 Å². The number of aromatic hydroxyl groups is 1. The number of hydrogen-bond acceptors (Lipinski definition) is 6. The van der Waals surface area contributed by atoms with Gasteiger partial charge >= 0.3 is 0 Å². The molecule has 1 aliphatic heterocycles. The minimum Gasteiger partial charge on any atom is -0.507 e. The average molecular weight is 345 g/mol. The van der Waals surface area contributed by atoms with Crippen LogP contribution in [0.15, 0.2) is 35.0 Å². The van der Waals surface area contributed by atoms with Crippen LogP contribution in [0.25, 0.3) is 22.8 Å². The molecule has 0 saturated heterocycles. The van der Waals surface area contributed by atoms with E-state index in [9.17, 15) is 5.11 Å². The van der Waals surface area contributed by atoms with Gasteiger partial charge in [-0.3, -0.25) is 4.98 Å². The number of aromatic nitrogens is 3. The molecule has 3 aromatic rings. The van der Waals surface area contributed by atoms with Gasteiger partial charge in [-0.05, 0) is 43.1 Å². The largest absolute Gasteiger partial charge is 0.507 e. The van der Waals surface area contributed by atoms with Crippen molar-refractivity contribution in [3.8, 4) is 28.6 Å². The lowest BCUT2D eigenvalue weighted by Crippen LogP contribution is -2.24. The zero-order valence-electron chi connectivity index (χ0n) is 13.1. The van der Waals surface area contributed by atoms with Crippen LogP contribution in [0, 0.1) is 6.92 Å². The first-order valence-electron chi connectivity index (χ1n) is 7.54. The maximum Gasteiger partial charge on any atom is 0.261 e. The molecule has 0 saturated carbocycles. The number of pyridine rings is 1. The summed E-state index contributed by atoms with van der Waals surface area (Å²) in [5, 5.41) is 17.4. The monoisotopic (exact) mass is 344 g/mol. The van der Waals surface area contributed by atoms with E-state index < -0.39 is 0 Å². The Morgan fingerprint density at radius 3 is 2.92 bits per heavy atom. The molecular weight excluding hydrogens is 328 g/mol. The molecule has 0 fully saturated rings. The molecule has 6 nitrogen and oxygen atoms in total. The number of nitrogens with zero attached hydrogens (tertiary/aromatic N) is 3. The number of nitrogens with one attached hydrogen (secondary N) is 1. The molecule has 0 aliphatic carbocycles. The van der Waals surface area contributed by atoms with Crippen LogP contribution in [0.2, 0.25) is 0 Å². The molecule has 2 aromatic heterocycles. The summed E-state index contributed by atoms with van der Waals surface area (Å²) >= 11 is 0. The summed E-state index contributed by atoms with van der Waals surface area (Å²) in [6.07, 6.45) is 2.82. The molecule has 0 bridgehead atoms. The molecule has 0 atom stereocenters. The van der Waals surface area contributed by atoms with E-state index in [2.05, 4.69) is 20.4 Å². The van der Waals surface area contributed by atoms with Gasteiger partial charge in [0.25, 0.3) is 5.89 Å². The van der Waals surface area contributed by atoms with Crippen molar-refractivity contribution in [2.45, 2.75) is 19.9 Å². The number of hydrogen-bond donors (Lipinski definition) is 2. The number of halogens is 1. The summed E-state index contributed by atoms with van der Waals surface area (Å²) in [5.41, 5.74) is 4.75. The number of aryl methyl sites for hydroxylation is 1. The van der Waals surface area contributed by atoms with Crippen molar-refractivity contribution in [3.63, 3.8) is 0 Å². The van der Waals surface area contributed by atoms with Gasteiger partial charge in [-0.15, -0.1) is 12.4 Å². The van der Waals surface area contributed by atoms with E-state index >= 15 is 0 Å². The summed E-state index contributed by atoms with van der Waals surface area (Å²) in [7, 11) is 0. The fourth-order valence-corrected chi connectivity index (χ4v) is 2.96. The lowest BCUT2D eigenvalue weighted by Gasteiger charge is -2.19. The Kier molecular flexibility index (Phi) is 4.51. The van der Waals surface area contributed by atoms with Crippen molar-refractivity contribution in [2.75, 3.05) is 6.54 Å². The average Bonchev–Trinajstić information content (AvgIpc) is 3.04. The maximum atomic E-state index is 9.94. The van der Waals surface area contributed by atoms with Crippen molar-refractivity contribution >= 4 is 12.4 Å². The number of phenols is 1. The van der Waals surface area contributed by atoms with Crippen LogP contribution in [0.1, 0.15) is 16.8 Å². The number of benzene rings is 1. The maximum absolute atomic E-state index is 9.94. The second-order valence-corrected chi connectivity index (χ2v) is 5.59. The van der Waals surface area contributed by atoms with Gasteiger partial charge in [0.05, 0.1) is 5.56 Å². The number of phenolic OH excluding ortho intramolecular Hbond substituents is 1. The first-order valence-corrected chi connectivity index (χ1v) is 7.54. The smallest absolute Gasteiger partial charge is 0.261 e. The zero-order valence-corrected chi connectivity index (χ0v) is 13.9. The molecule has 0 radical (unpaired) electrons. The van der Waals surface area contributed by atoms with Crippen LogP contribution in [0.5, 0.6) is 5.75 Å². The van der Waals surface area contributed by atoms with E-state index in [1.54, 1.807) is 18.2 Å². The fraction of sp³-hybridized carbons (Fsp3) is 0.235. The van der Waals surface area contributed by atoms with E-state index in [0.29, 0.717) is 17.3 Å². The highest BCUT2D eigenvalue weighted by Crippen LogP contribution is 2.32. The molecule has 0 spiro atoms. The second kappa shape index (κ2) is 6.59. The predicted octanol–water partition coefficient (Wildman–Crippen LogP) is 2.88. The molecule has 0 amide bonds. The van der Waals surface area contributed by atoms with Crippen LogP contribution in [0.4, 0.5) is 0 Å². The zero-order chi connectivity index (χ0) is 15.8. The van der Waals surface area contributed by atoms with Gasteiger partial charge in [0, 0.05) is 24.0 Å². The van der Waals surface area contributed by atoms with Crippen LogP contribution < -0.4 is 5.32 Å². The van der Waals surface area contributed by atoms with Crippen LogP contribution in [0.3, 0.4) is 0 Å². The van der Waals surface area contributed by atoms with Crippen LogP contribution >= 0.6 is 12.4 Å². The lowest BCUT2D eigenvalue weighted by atomic mass is 9.95. The highest BCUT2D eigenvalue weighted by Gasteiger charge is 2.21. The van der Waals surface area contributed by atoms with E-state index in [1.165, 1.54) is 11.1 Å². The summed E-state index contributed by atoms with van der Waals surface area (Å²) in [5.74, 6) is 0.952. The molecule has 24 heavy (non-hydrogen) atoms. The Morgan fingerprint density at radius 2 is 2.08 bits per heavy atom. The summed E-state index contributed by atoms with van der Waals surface area (Å²) in [4.78, 5) is 8.94. The van der Waals surface area contributed by atoms with Gasteiger partial charge in [0.2, 0.25) is 5.82 Å². The summed E-state index contributed by atoms with van der Waals surface area (Å²) in [6.45, 7) is 3.68. The van der Waals surface area contributed by atoms with E-state index in [1.807, 2.05) is 19.2 Å². The molecule has 3 heterocycles. The normalized spacial score (nSPS) is 13.2. The molecule has 1 aromatic carbocycles. The van der Waals surface area contributed by atoms with Gasteiger partial charge in [0.1, 0.15) is 5.75 Å². The first kappa shape index (κ1) is 16.4.